The van der Waals surface area contributed by atoms with Crippen LogP contribution in [-0.4, -0.2) is 161 Å². The molecule has 8 bridgehead atoms. The molecule has 16 aliphatic rings. The van der Waals surface area contributed by atoms with Crippen molar-refractivity contribution in [3.05, 3.63) is 115 Å². The Morgan fingerprint density at radius 2 is 0.545 bits per heavy atom. The summed E-state index contributed by atoms with van der Waals surface area (Å²) in [6.07, 6.45) is 28.5. The summed E-state index contributed by atoms with van der Waals surface area (Å²) in [5.74, 6) is 3.52. The molecule has 20 nitrogen and oxygen atoms in total. The van der Waals surface area contributed by atoms with Crippen molar-refractivity contribution in [2.75, 3.05) is 26.2 Å². The van der Waals surface area contributed by atoms with E-state index in [1.165, 1.54) is 64.2 Å². The van der Waals surface area contributed by atoms with Gasteiger partial charge >= 0.3 is 0 Å². The van der Waals surface area contributed by atoms with Gasteiger partial charge in [-0.2, -0.15) is 0 Å². The summed E-state index contributed by atoms with van der Waals surface area (Å²) in [7, 11) is 0. The maximum absolute atomic E-state index is 12.5. The van der Waals surface area contributed by atoms with Gasteiger partial charge in [-0.1, -0.05) is 37.1 Å². The van der Waals surface area contributed by atoms with Crippen LogP contribution in [0.4, 0.5) is 0 Å². The van der Waals surface area contributed by atoms with Gasteiger partial charge in [-0.05, 0) is 276 Å². The molecule has 20 heteroatoms. The fourth-order valence-electron chi connectivity index (χ4n) is 26.8. The molecule has 4 heterocycles. The van der Waals surface area contributed by atoms with Crippen LogP contribution in [0.5, 0.6) is 23.0 Å². The lowest BCUT2D eigenvalue weighted by molar-refractivity contribution is -0.129. The molecule has 12 N–H and O–H groups in total. The number of primary amides is 4. The van der Waals surface area contributed by atoms with Gasteiger partial charge < -0.3 is 43.4 Å². The number of carbonyl (C=O) groups excluding carboxylic acids is 8. The van der Waals surface area contributed by atoms with Crippen molar-refractivity contribution in [3.63, 3.8) is 0 Å². The van der Waals surface area contributed by atoms with Crippen LogP contribution in [0.25, 0.3) is 0 Å². The van der Waals surface area contributed by atoms with E-state index in [0.29, 0.717) is 123 Å². The molecule has 4 aliphatic heterocycles. The summed E-state index contributed by atoms with van der Waals surface area (Å²) in [6, 6.07) is 18.5. The Kier molecular flexibility index (Phi) is 19.3. The van der Waals surface area contributed by atoms with Crippen LogP contribution in [0.1, 0.15) is 281 Å². The third-order valence-electron chi connectivity index (χ3n) is 32.8. The Balaban J connectivity index is 0.000000107. The molecule has 110 heavy (non-hydrogen) atoms. The minimum atomic E-state index is -0.604. The Morgan fingerprint density at radius 3 is 0.727 bits per heavy atom. The zero-order valence-corrected chi connectivity index (χ0v) is 65.1. The van der Waals surface area contributed by atoms with E-state index in [2.05, 4.69) is 47.3 Å². The minimum Gasteiger partial charge on any atom is -0.507 e. The molecule has 4 amide bonds. The highest BCUT2D eigenvalue weighted by Crippen LogP contribution is 2.64. The van der Waals surface area contributed by atoms with E-state index in [-0.39, 0.29) is 90.0 Å². The maximum atomic E-state index is 12.5. The Morgan fingerprint density at radius 1 is 0.336 bits per heavy atom. The van der Waals surface area contributed by atoms with Crippen molar-refractivity contribution < 1.29 is 58.8 Å². The molecule has 0 unspecified atom stereocenters. The van der Waals surface area contributed by atoms with Crippen molar-refractivity contribution in [3.8, 4) is 23.0 Å². The lowest BCUT2D eigenvalue weighted by atomic mass is 9.51. The SMILES string of the molecule is C[C@@H](C1CC1)N1CC[C@]23CC(=O)CC[C@H]2[C@H]1Cc1ccc(C(N)=O)c(O)c13.C[C@@H](C1CCC1)N1CC[C@]23CC(=O)CC[C@H]2[C@H]1Cc1ccc(C(N)=O)c(O)c13.C[C@H](C1CC1)N1CC[C@]23CC(=O)CC[C@H]2[C@H]1Cc1ccc(C(N)=O)c(O)c13.C[C@H](C1CCC1)N1CC[C@]23CC(=O)CC[C@H]2[C@H]1Cc1ccc(C(N)=O)c(O)c13. The van der Waals surface area contributed by atoms with E-state index >= 15 is 0 Å². The zero-order chi connectivity index (χ0) is 77.1. The molecule has 8 saturated carbocycles. The van der Waals surface area contributed by atoms with Crippen LogP contribution >= 0.6 is 0 Å². The van der Waals surface area contributed by atoms with Crippen molar-refractivity contribution in [2.24, 2.45) is 70.3 Å². The Hall–Kier alpha value is -7.52. The number of carbonyl (C=O) groups is 8. The predicted molar refractivity (Wildman–Crippen MR) is 416 cm³/mol. The summed E-state index contributed by atoms with van der Waals surface area (Å²) in [5.41, 5.74) is 29.3. The van der Waals surface area contributed by atoms with E-state index in [0.717, 1.165) is 171 Å². The number of aromatic hydroxyl groups is 4. The summed E-state index contributed by atoms with van der Waals surface area (Å²) in [5, 5.41) is 44.0. The number of hydrogen-bond acceptors (Lipinski definition) is 16. The number of rotatable bonds is 12. The number of benzene rings is 4. The lowest BCUT2D eigenvalue weighted by Gasteiger charge is -2.60. The first-order valence-corrected chi connectivity index (χ1v) is 42.4. The summed E-state index contributed by atoms with van der Waals surface area (Å²) < 4.78 is 0. The van der Waals surface area contributed by atoms with Gasteiger partial charge in [-0.25, -0.2) is 0 Å². The molecule has 20 rings (SSSR count). The van der Waals surface area contributed by atoms with Gasteiger partial charge in [0.2, 0.25) is 0 Å². The second kappa shape index (κ2) is 28.2. The fourth-order valence-corrected chi connectivity index (χ4v) is 26.8. The smallest absolute Gasteiger partial charge is 0.252 e. The largest absolute Gasteiger partial charge is 0.507 e. The monoisotopic (exact) mass is 1500 g/mol. The molecule has 4 aromatic rings. The van der Waals surface area contributed by atoms with Gasteiger partial charge in [0.05, 0.1) is 22.3 Å². The third-order valence-corrected chi connectivity index (χ3v) is 32.8. The van der Waals surface area contributed by atoms with Crippen molar-refractivity contribution >= 4 is 46.8 Å². The molecule has 16 atom stereocenters. The molecule has 0 radical (unpaired) electrons. The van der Waals surface area contributed by atoms with Gasteiger partial charge in [0.25, 0.3) is 23.6 Å². The number of likely N-dealkylation sites (tertiary alicyclic amines) is 4. The highest BCUT2D eigenvalue weighted by molar-refractivity contribution is 5.99. The normalized spacial score (nSPS) is 33.7. The number of piperidine rings is 4. The van der Waals surface area contributed by atoms with Crippen LogP contribution < -0.4 is 22.9 Å². The fraction of sp³-hybridized carbons (Fsp3) is 0.644. The van der Waals surface area contributed by atoms with Gasteiger partial charge in [-0.3, -0.25) is 58.0 Å². The molecule has 0 spiro atoms. The predicted octanol–water partition coefficient (Wildman–Crippen LogP) is 10.9. The maximum Gasteiger partial charge on any atom is 0.252 e. The molecule has 4 aromatic carbocycles. The number of phenols is 4. The van der Waals surface area contributed by atoms with E-state index < -0.39 is 23.6 Å². The lowest BCUT2D eigenvalue weighted by Crippen LogP contribution is -2.64. The first-order valence-electron chi connectivity index (χ1n) is 42.4. The van der Waals surface area contributed by atoms with E-state index in [9.17, 15) is 58.8 Å². The average Bonchev–Trinajstić information content (AvgIpc) is 1.28. The number of amides is 4. The average molecular weight is 1500 g/mol. The van der Waals surface area contributed by atoms with Crippen LogP contribution in [0.15, 0.2) is 48.5 Å². The molecule has 12 fully saturated rings. The zero-order valence-electron chi connectivity index (χ0n) is 65.1. The van der Waals surface area contributed by atoms with Gasteiger partial charge in [0, 0.05) is 144 Å². The number of nitrogens with zero attached hydrogens (tertiary/aromatic N) is 4. The van der Waals surface area contributed by atoms with Crippen LogP contribution in [0, 0.1) is 47.3 Å². The Labute approximate surface area is 646 Å². The van der Waals surface area contributed by atoms with E-state index in [1.54, 1.807) is 24.3 Å². The highest BCUT2D eigenvalue weighted by atomic mass is 16.3. The van der Waals surface area contributed by atoms with Gasteiger partial charge in [-0.15, -0.1) is 0 Å². The van der Waals surface area contributed by atoms with E-state index in [1.807, 2.05) is 24.3 Å². The van der Waals surface area contributed by atoms with Gasteiger partial charge in [0.1, 0.15) is 46.1 Å². The van der Waals surface area contributed by atoms with Crippen molar-refractivity contribution in [1.82, 2.24) is 19.6 Å². The quantitative estimate of drug-likeness (QED) is 0.0653. The second-order valence-corrected chi connectivity index (χ2v) is 37.6. The summed E-state index contributed by atoms with van der Waals surface area (Å²) >= 11 is 0. The number of nitrogens with two attached hydrogens (primary N) is 4. The first kappa shape index (κ1) is 75.2. The second-order valence-electron chi connectivity index (χ2n) is 37.6. The summed E-state index contributed by atoms with van der Waals surface area (Å²) in [6.45, 7) is 13.3. The molecule has 4 saturated heterocycles. The third kappa shape index (κ3) is 12.1. The van der Waals surface area contributed by atoms with Crippen LogP contribution in [0.3, 0.4) is 0 Å². The number of fused-ring (bicyclic) bond motifs is 4. The molecule has 588 valence electrons. The van der Waals surface area contributed by atoms with Gasteiger partial charge in [0.15, 0.2) is 0 Å². The number of ketones is 4. The van der Waals surface area contributed by atoms with E-state index in [4.69, 9.17) is 22.9 Å². The van der Waals surface area contributed by atoms with Crippen LogP contribution in [-0.2, 0) is 66.5 Å². The molecular formula is C90H116N8O12. The molecule has 12 aliphatic carbocycles. The first-order chi connectivity index (χ1) is 52.7. The van der Waals surface area contributed by atoms with Crippen molar-refractivity contribution in [1.29, 1.82) is 0 Å². The molecular weight excluding hydrogens is 1390 g/mol. The molecule has 0 aromatic heterocycles. The van der Waals surface area contributed by atoms with Crippen molar-refractivity contribution in [2.45, 2.75) is 290 Å². The standard InChI is InChI=1S/2C23H30N2O3.2C22H28N2O3/c2*1-13(14-3-2-4-14)25-10-9-23-12-16(26)6-8-18(23)19(25)11-15-5-7-17(22(24)28)21(27)20(15)23;2*1-12(13-2-3-13)24-9-8-22-11-15(25)5-7-17(22)18(24)10-14-4-6-16(21(23)27)20(26)19(14)22/h2*5,7,13-14,18-19,27H,2-4,6,8-12H2,1H3,(H2,24,28);2*4,6,12-13,17-18,26H,2-3,5,7-11H2,1H3,(H2,23,27)/t13-,18+,19-,23+;13-,18-,19+,23-;12-,17+,18-,22+;12-,17-,18+,22-/m1010/s1. The highest BCUT2D eigenvalue weighted by Gasteiger charge is 2.63. The summed E-state index contributed by atoms with van der Waals surface area (Å²) in [4.78, 5) is 108. The Bertz CT molecular complexity index is 4190. The topological polar surface area (TPSA) is 335 Å². The number of Topliss-reactive ketones (excluding diaryl/α,β-unsaturated/α-hetero) is 4. The van der Waals surface area contributed by atoms with Crippen LogP contribution in [0.2, 0.25) is 0 Å². The number of hydrogen-bond donors (Lipinski definition) is 8. The minimum absolute atomic E-state index is 0.0295.